The van der Waals surface area contributed by atoms with E-state index < -0.39 is 12.5 Å². The lowest BCUT2D eigenvalue weighted by molar-refractivity contribution is 0.150. The minimum Gasteiger partial charge on any atom is -0.493 e. The maximum atomic E-state index is 12.8. The first kappa shape index (κ1) is 15.4. The van der Waals surface area contributed by atoms with Crippen molar-refractivity contribution in [1.29, 1.82) is 0 Å². The number of hydrogen-bond acceptors (Lipinski definition) is 3. The van der Waals surface area contributed by atoms with Crippen LogP contribution < -0.4 is 4.74 Å². The molecule has 4 nitrogen and oxygen atoms in total. The molecule has 1 aromatic carbocycles. The van der Waals surface area contributed by atoms with Gasteiger partial charge in [0.25, 0.3) is 6.43 Å². The molecule has 0 radical (unpaired) electrons. The Labute approximate surface area is 122 Å². The molecular weight excluding hydrogens is 278 g/mol. The third-order valence-corrected chi connectivity index (χ3v) is 3.25. The Bertz CT molecular complexity index is 611. The van der Waals surface area contributed by atoms with Gasteiger partial charge in [-0.3, -0.25) is 4.68 Å². The van der Waals surface area contributed by atoms with Crippen molar-refractivity contribution in [3.63, 3.8) is 0 Å². The number of aromatic nitrogens is 2. The lowest BCUT2D eigenvalue weighted by Crippen LogP contribution is -2.13. The van der Waals surface area contributed by atoms with E-state index in [1.165, 1.54) is 31.5 Å². The average Bonchev–Trinajstić information content (AvgIpc) is 2.90. The van der Waals surface area contributed by atoms with Crippen LogP contribution in [0.2, 0.25) is 0 Å². The van der Waals surface area contributed by atoms with Crippen molar-refractivity contribution < 1.29 is 18.6 Å². The number of benzene rings is 1. The highest BCUT2D eigenvalue weighted by atomic mass is 19.3. The van der Waals surface area contributed by atoms with Crippen molar-refractivity contribution in [2.75, 3.05) is 7.11 Å². The third-order valence-electron chi connectivity index (χ3n) is 3.25. The molecule has 114 valence electrons. The van der Waals surface area contributed by atoms with Gasteiger partial charge in [0.15, 0.2) is 5.75 Å². The number of rotatable bonds is 5. The fourth-order valence-electron chi connectivity index (χ4n) is 2.21. The molecule has 0 fully saturated rings. The third kappa shape index (κ3) is 3.05. The van der Waals surface area contributed by atoms with Crippen molar-refractivity contribution in [3.8, 4) is 5.75 Å². The van der Waals surface area contributed by atoms with Gasteiger partial charge in [-0.05, 0) is 25.5 Å². The van der Waals surface area contributed by atoms with Crippen molar-refractivity contribution in [3.05, 3.63) is 47.3 Å². The van der Waals surface area contributed by atoms with Crippen LogP contribution >= 0.6 is 0 Å². The molecule has 0 aliphatic rings. The highest BCUT2D eigenvalue weighted by molar-refractivity contribution is 5.36. The second kappa shape index (κ2) is 6.22. The minimum atomic E-state index is -2.57. The molecule has 1 unspecified atom stereocenters. The van der Waals surface area contributed by atoms with Crippen LogP contribution in [-0.2, 0) is 0 Å². The lowest BCUT2D eigenvalue weighted by atomic mass is 10.0. The molecule has 1 aromatic heterocycles. The molecule has 0 saturated carbocycles. The van der Waals surface area contributed by atoms with Gasteiger partial charge in [0.05, 0.1) is 13.3 Å². The first-order valence-corrected chi connectivity index (χ1v) is 6.63. The number of hydrogen-bond donors (Lipinski definition) is 1. The maximum Gasteiger partial charge on any atom is 0.263 e. The molecule has 1 heterocycles. The topological polar surface area (TPSA) is 47.3 Å². The van der Waals surface area contributed by atoms with E-state index in [0.29, 0.717) is 17.0 Å². The number of alkyl halides is 2. The molecule has 6 heteroatoms. The fraction of sp³-hybridized carbons (Fsp3) is 0.400. The zero-order chi connectivity index (χ0) is 15.6. The Morgan fingerprint density at radius 2 is 1.90 bits per heavy atom. The average molecular weight is 296 g/mol. The maximum absolute atomic E-state index is 12.8. The van der Waals surface area contributed by atoms with Crippen LogP contribution in [0.5, 0.6) is 5.75 Å². The van der Waals surface area contributed by atoms with E-state index in [0.717, 1.165) is 0 Å². The van der Waals surface area contributed by atoms with Gasteiger partial charge in [0, 0.05) is 11.6 Å². The van der Waals surface area contributed by atoms with Crippen LogP contribution in [0.1, 0.15) is 49.2 Å². The van der Waals surface area contributed by atoms with Gasteiger partial charge in [-0.25, -0.2) is 8.78 Å². The number of methoxy groups -OCH3 is 1. The van der Waals surface area contributed by atoms with E-state index in [1.807, 2.05) is 13.8 Å². The van der Waals surface area contributed by atoms with Gasteiger partial charge in [-0.15, -0.1) is 0 Å². The van der Waals surface area contributed by atoms with Gasteiger partial charge in [0.2, 0.25) is 0 Å². The molecule has 0 bridgehead atoms. The molecule has 2 rings (SSSR count). The first-order valence-electron chi connectivity index (χ1n) is 6.63. The number of nitrogens with zero attached hydrogens (tertiary/aromatic N) is 2. The zero-order valence-corrected chi connectivity index (χ0v) is 12.1. The number of aliphatic hydroxyl groups excluding tert-OH is 1. The monoisotopic (exact) mass is 296 g/mol. The normalized spacial score (nSPS) is 13.0. The summed E-state index contributed by atoms with van der Waals surface area (Å²) in [7, 11) is 1.48. The SMILES string of the molecule is COc1cnn(C(C)C)c1C(O)c1cccc(C(F)F)c1. The highest BCUT2D eigenvalue weighted by Crippen LogP contribution is 2.33. The van der Waals surface area contributed by atoms with Crippen molar-refractivity contribution >= 4 is 0 Å². The Balaban J connectivity index is 2.46. The summed E-state index contributed by atoms with van der Waals surface area (Å²) in [5.41, 5.74) is 0.716. The summed E-state index contributed by atoms with van der Waals surface area (Å²) in [5.74, 6) is 0.429. The van der Waals surface area contributed by atoms with Crippen molar-refractivity contribution in [2.24, 2.45) is 0 Å². The molecule has 0 saturated heterocycles. The second-order valence-corrected chi connectivity index (χ2v) is 5.01. The van der Waals surface area contributed by atoms with Crippen LogP contribution in [0.3, 0.4) is 0 Å². The predicted octanol–water partition coefficient (Wildman–Crippen LogP) is 3.49. The number of halogens is 2. The summed E-state index contributed by atoms with van der Waals surface area (Å²) in [6.45, 7) is 3.83. The summed E-state index contributed by atoms with van der Waals surface area (Å²) >= 11 is 0. The molecule has 21 heavy (non-hydrogen) atoms. The lowest BCUT2D eigenvalue weighted by Gasteiger charge is -2.18. The van der Waals surface area contributed by atoms with Crippen LogP contribution in [0.15, 0.2) is 30.5 Å². The quantitative estimate of drug-likeness (QED) is 0.918. The zero-order valence-electron chi connectivity index (χ0n) is 12.1. The second-order valence-electron chi connectivity index (χ2n) is 5.01. The first-order chi connectivity index (χ1) is 9.95. The van der Waals surface area contributed by atoms with E-state index in [9.17, 15) is 13.9 Å². The molecule has 1 N–H and O–H groups in total. The van der Waals surface area contributed by atoms with Gasteiger partial charge < -0.3 is 9.84 Å². The van der Waals surface area contributed by atoms with Crippen LogP contribution in [0.25, 0.3) is 0 Å². The number of ether oxygens (including phenoxy) is 1. The largest absolute Gasteiger partial charge is 0.493 e. The molecule has 0 spiro atoms. The smallest absolute Gasteiger partial charge is 0.263 e. The standard InChI is InChI=1S/C15H18F2N2O2/c1-9(2)19-13(12(21-3)8-18-19)14(20)10-5-4-6-11(7-10)15(16)17/h4-9,14-15,20H,1-3H3. The fourth-order valence-corrected chi connectivity index (χ4v) is 2.21. The summed E-state index contributed by atoms with van der Waals surface area (Å²) in [5, 5.41) is 14.7. The Morgan fingerprint density at radius 3 is 2.48 bits per heavy atom. The summed E-state index contributed by atoms with van der Waals surface area (Å²) in [4.78, 5) is 0. The van der Waals surface area contributed by atoms with Crippen molar-refractivity contribution in [1.82, 2.24) is 9.78 Å². The van der Waals surface area contributed by atoms with Gasteiger partial charge >= 0.3 is 0 Å². The summed E-state index contributed by atoms with van der Waals surface area (Å²) in [6, 6.07) is 5.75. The molecule has 2 aromatic rings. The van der Waals surface area contributed by atoms with Crippen LogP contribution in [-0.4, -0.2) is 22.0 Å². The predicted molar refractivity (Wildman–Crippen MR) is 74.6 cm³/mol. The minimum absolute atomic E-state index is 0.0110. The van der Waals surface area contributed by atoms with E-state index in [4.69, 9.17) is 4.74 Å². The molecular formula is C15H18F2N2O2. The van der Waals surface area contributed by atoms with Crippen molar-refractivity contribution in [2.45, 2.75) is 32.4 Å². The van der Waals surface area contributed by atoms with E-state index in [-0.39, 0.29) is 11.6 Å². The Kier molecular flexibility index (Phi) is 4.57. The van der Waals surface area contributed by atoms with E-state index in [1.54, 1.807) is 10.7 Å². The van der Waals surface area contributed by atoms with Crippen LogP contribution in [0.4, 0.5) is 8.78 Å². The molecule has 0 aliphatic heterocycles. The van der Waals surface area contributed by atoms with Crippen LogP contribution in [0, 0.1) is 0 Å². The molecule has 1 atom stereocenters. The number of aliphatic hydroxyl groups is 1. The summed E-state index contributed by atoms with van der Waals surface area (Å²) < 4.78 is 32.4. The Hall–Kier alpha value is -1.95. The van der Waals surface area contributed by atoms with E-state index >= 15 is 0 Å². The molecule has 0 aliphatic carbocycles. The van der Waals surface area contributed by atoms with E-state index in [2.05, 4.69) is 5.10 Å². The molecule has 0 amide bonds. The van der Waals surface area contributed by atoms with Gasteiger partial charge in [-0.1, -0.05) is 18.2 Å². The van der Waals surface area contributed by atoms with Gasteiger partial charge in [-0.2, -0.15) is 5.10 Å². The Morgan fingerprint density at radius 1 is 1.24 bits per heavy atom. The van der Waals surface area contributed by atoms with Gasteiger partial charge in [0.1, 0.15) is 11.8 Å². The summed E-state index contributed by atoms with van der Waals surface area (Å²) in [6.07, 6.45) is -2.15. The highest BCUT2D eigenvalue weighted by Gasteiger charge is 2.23.